The number of aryl methyl sites for hydroxylation is 1. The van der Waals surface area contributed by atoms with Crippen molar-refractivity contribution >= 4 is 11.8 Å². The Bertz CT molecular complexity index is 605. The molecule has 1 aromatic carbocycles. The van der Waals surface area contributed by atoms with Crippen molar-refractivity contribution in [1.29, 1.82) is 0 Å². The third-order valence-electron chi connectivity index (χ3n) is 3.07. The van der Waals surface area contributed by atoms with E-state index in [2.05, 4.69) is 10.6 Å². The second-order valence-corrected chi connectivity index (χ2v) is 4.66. The zero-order valence-corrected chi connectivity index (χ0v) is 11.9. The molecule has 2 rings (SSSR count). The lowest BCUT2D eigenvalue weighted by molar-refractivity contribution is -0.121. The lowest BCUT2D eigenvalue weighted by Crippen LogP contribution is -2.30. The molecule has 1 aromatic heterocycles. The standard InChI is InChI=1S/C16H18N2O3/c1-12-14(8-10-21-12)16(20)17-9-7-15(19)18-11-13-5-3-2-4-6-13/h2-6,8,10H,7,9,11H2,1H3,(H,17,20)(H,18,19). The van der Waals surface area contributed by atoms with Gasteiger partial charge >= 0.3 is 0 Å². The molecule has 1 heterocycles. The Morgan fingerprint density at radius 1 is 1.10 bits per heavy atom. The van der Waals surface area contributed by atoms with E-state index in [1.807, 2.05) is 30.3 Å². The van der Waals surface area contributed by atoms with Crippen LogP contribution in [-0.4, -0.2) is 18.4 Å². The number of carbonyl (C=O) groups is 2. The molecule has 21 heavy (non-hydrogen) atoms. The highest BCUT2D eigenvalue weighted by Crippen LogP contribution is 2.07. The predicted octanol–water partition coefficient (Wildman–Crippen LogP) is 2.02. The van der Waals surface area contributed by atoms with Crippen LogP contribution >= 0.6 is 0 Å². The van der Waals surface area contributed by atoms with Crippen molar-refractivity contribution < 1.29 is 14.0 Å². The first kappa shape index (κ1) is 14.8. The highest BCUT2D eigenvalue weighted by atomic mass is 16.3. The van der Waals surface area contributed by atoms with Gasteiger partial charge in [0.15, 0.2) is 0 Å². The van der Waals surface area contributed by atoms with Crippen LogP contribution in [0.3, 0.4) is 0 Å². The highest BCUT2D eigenvalue weighted by Gasteiger charge is 2.11. The Morgan fingerprint density at radius 3 is 2.52 bits per heavy atom. The van der Waals surface area contributed by atoms with Crippen molar-refractivity contribution in [2.24, 2.45) is 0 Å². The van der Waals surface area contributed by atoms with E-state index in [9.17, 15) is 9.59 Å². The fourth-order valence-electron chi connectivity index (χ4n) is 1.89. The zero-order valence-electron chi connectivity index (χ0n) is 11.9. The maximum atomic E-state index is 11.8. The molecule has 0 bridgehead atoms. The molecule has 0 spiro atoms. The summed E-state index contributed by atoms with van der Waals surface area (Å²) in [5.41, 5.74) is 1.55. The van der Waals surface area contributed by atoms with Crippen LogP contribution in [0.5, 0.6) is 0 Å². The molecule has 0 aliphatic heterocycles. The van der Waals surface area contributed by atoms with E-state index >= 15 is 0 Å². The van der Waals surface area contributed by atoms with Crippen molar-refractivity contribution in [3.8, 4) is 0 Å². The molecule has 2 aromatic rings. The Morgan fingerprint density at radius 2 is 1.86 bits per heavy atom. The number of carbonyl (C=O) groups excluding carboxylic acids is 2. The van der Waals surface area contributed by atoms with E-state index in [0.717, 1.165) is 5.56 Å². The Labute approximate surface area is 123 Å². The van der Waals surface area contributed by atoms with Crippen LogP contribution in [0, 0.1) is 6.92 Å². The summed E-state index contributed by atoms with van der Waals surface area (Å²) >= 11 is 0. The molecule has 0 fully saturated rings. The summed E-state index contributed by atoms with van der Waals surface area (Å²) in [6, 6.07) is 11.3. The highest BCUT2D eigenvalue weighted by molar-refractivity contribution is 5.95. The molecule has 0 saturated heterocycles. The van der Waals surface area contributed by atoms with Crippen molar-refractivity contribution in [1.82, 2.24) is 10.6 Å². The average Bonchev–Trinajstić information content (AvgIpc) is 2.92. The summed E-state index contributed by atoms with van der Waals surface area (Å²) < 4.78 is 5.06. The lowest BCUT2D eigenvalue weighted by Gasteiger charge is -2.06. The number of amides is 2. The molecular formula is C16H18N2O3. The van der Waals surface area contributed by atoms with E-state index in [0.29, 0.717) is 24.4 Å². The van der Waals surface area contributed by atoms with Crippen LogP contribution in [0.1, 0.15) is 28.1 Å². The smallest absolute Gasteiger partial charge is 0.254 e. The minimum Gasteiger partial charge on any atom is -0.469 e. The monoisotopic (exact) mass is 286 g/mol. The summed E-state index contributed by atoms with van der Waals surface area (Å²) in [5, 5.41) is 5.51. The number of nitrogens with one attached hydrogen (secondary N) is 2. The lowest BCUT2D eigenvalue weighted by atomic mass is 10.2. The number of furan rings is 1. The minimum absolute atomic E-state index is 0.0944. The minimum atomic E-state index is -0.225. The molecule has 0 atom stereocenters. The van der Waals surface area contributed by atoms with Gasteiger partial charge in [-0.3, -0.25) is 9.59 Å². The van der Waals surface area contributed by atoms with Crippen LogP contribution in [0.4, 0.5) is 0 Å². The van der Waals surface area contributed by atoms with Crippen molar-refractivity contribution in [3.63, 3.8) is 0 Å². The molecule has 0 unspecified atom stereocenters. The molecule has 5 nitrogen and oxygen atoms in total. The third-order valence-corrected chi connectivity index (χ3v) is 3.07. The van der Waals surface area contributed by atoms with Gasteiger partial charge in [0.1, 0.15) is 5.76 Å². The summed E-state index contributed by atoms with van der Waals surface area (Å²) in [7, 11) is 0. The third kappa shape index (κ3) is 4.49. The molecule has 0 radical (unpaired) electrons. The van der Waals surface area contributed by atoms with Gasteiger partial charge in [0.05, 0.1) is 11.8 Å². The molecule has 2 amide bonds. The summed E-state index contributed by atoms with van der Waals surface area (Å²) in [6.45, 7) is 2.51. The molecule has 0 saturated carbocycles. The van der Waals surface area contributed by atoms with Gasteiger partial charge in [-0.2, -0.15) is 0 Å². The van der Waals surface area contributed by atoms with E-state index < -0.39 is 0 Å². The van der Waals surface area contributed by atoms with Gasteiger partial charge in [0.25, 0.3) is 5.91 Å². The van der Waals surface area contributed by atoms with E-state index in [1.165, 1.54) is 6.26 Å². The molecule has 0 aliphatic rings. The van der Waals surface area contributed by atoms with E-state index in [-0.39, 0.29) is 18.2 Å². The molecular weight excluding hydrogens is 268 g/mol. The van der Waals surface area contributed by atoms with Crippen molar-refractivity contribution in [3.05, 3.63) is 59.5 Å². The predicted molar refractivity (Wildman–Crippen MR) is 78.7 cm³/mol. The van der Waals surface area contributed by atoms with Crippen molar-refractivity contribution in [2.75, 3.05) is 6.54 Å². The van der Waals surface area contributed by atoms with Gasteiger partial charge in [0, 0.05) is 19.5 Å². The maximum Gasteiger partial charge on any atom is 0.254 e. The molecule has 110 valence electrons. The SMILES string of the molecule is Cc1occc1C(=O)NCCC(=O)NCc1ccccc1. The fourth-order valence-corrected chi connectivity index (χ4v) is 1.89. The first-order valence-corrected chi connectivity index (χ1v) is 6.79. The quantitative estimate of drug-likeness (QED) is 0.853. The second kappa shape index (κ2) is 7.28. The van der Waals surface area contributed by atoms with Gasteiger partial charge in [-0.25, -0.2) is 0 Å². The van der Waals surface area contributed by atoms with Gasteiger partial charge in [-0.05, 0) is 18.6 Å². The Kier molecular flexibility index (Phi) is 5.15. The zero-order chi connectivity index (χ0) is 15.1. The number of rotatable bonds is 6. The first-order valence-electron chi connectivity index (χ1n) is 6.79. The fraction of sp³-hybridized carbons (Fsp3) is 0.250. The number of hydrogen-bond donors (Lipinski definition) is 2. The number of benzene rings is 1. The summed E-state index contributed by atoms with van der Waals surface area (Å²) in [5.74, 6) is 0.251. The van der Waals surface area contributed by atoms with Gasteiger partial charge in [0.2, 0.25) is 5.91 Å². The topological polar surface area (TPSA) is 71.3 Å². The maximum absolute atomic E-state index is 11.8. The van der Waals surface area contributed by atoms with Crippen LogP contribution in [-0.2, 0) is 11.3 Å². The average molecular weight is 286 g/mol. The molecule has 0 aliphatic carbocycles. The van der Waals surface area contributed by atoms with Crippen LogP contribution < -0.4 is 10.6 Å². The van der Waals surface area contributed by atoms with E-state index in [4.69, 9.17) is 4.42 Å². The van der Waals surface area contributed by atoms with E-state index in [1.54, 1.807) is 13.0 Å². The number of hydrogen-bond acceptors (Lipinski definition) is 3. The van der Waals surface area contributed by atoms with Gasteiger partial charge in [-0.15, -0.1) is 0 Å². The Hall–Kier alpha value is -2.56. The molecule has 5 heteroatoms. The van der Waals surface area contributed by atoms with Crippen LogP contribution in [0.2, 0.25) is 0 Å². The largest absolute Gasteiger partial charge is 0.469 e. The summed E-state index contributed by atoms with van der Waals surface area (Å²) in [6.07, 6.45) is 1.71. The van der Waals surface area contributed by atoms with Crippen LogP contribution in [0.15, 0.2) is 47.1 Å². The van der Waals surface area contributed by atoms with Gasteiger partial charge in [-0.1, -0.05) is 30.3 Å². The van der Waals surface area contributed by atoms with Crippen molar-refractivity contribution in [2.45, 2.75) is 19.9 Å². The Balaban J connectivity index is 1.68. The second-order valence-electron chi connectivity index (χ2n) is 4.66. The first-order chi connectivity index (χ1) is 10.2. The normalized spacial score (nSPS) is 10.1. The molecule has 2 N–H and O–H groups in total. The van der Waals surface area contributed by atoms with Crippen LogP contribution in [0.25, 0.3) is 0 Å². The van der Waals surface area contributed by atoms with Gasteiger partial charge < -0.3 is 15.1 Å². The summed E-state index contributed by atoms with van der Waals surface area (Å²) in [4.78, 5) is 23.5.